The third-order valence-electron chi connectivity index (χ3n) is 5.33. The average molecular weight is 335 g/mol. The van der Waals surface area contributed by atoms with Crippen LogP contribution in [0.5, 0.6) is 0 Å². The quantitative estimate of drug-likeness (QED) is 0.895. The van der Waals surface area contributed by atoms with Crippen LogP contribution >= 0.6 is 0 Å². The monoisotopic (exact) mass is 335 g/mol. The molecule has 0 aromatic carbocycles. The first kappa shape index (κ1) is 17.4. The van der Waals surface area contributed by atoms with E-state index in [1.165, 1.54) is 19.3 Å². The molecule has 6 heteroatoms. The number of rotatable bonds is 5. The summed E-state index contributed by atoms with van der Waals surface area (Å²) in [5.41, 5.74) is 0.425. The first-order chi connectivity index (χ1) is 11.7. The molecule has 0 spiro atoms. The van der Waals surface area contributed by atoms with Crippen molar-refractivity contribution in [2.45, 2.75) is 70.6 Å². The Hall–Kier alpha value is -1.40. The third-order valence-corrected chi connectivity index (χ3v) is 5.33. The van der Waals surface area contributed by atoms with Gasteiger partial charge < -0.3 is 14.5 Å². The maximum Gasteiger partial charge on any atom is 0.276 e. The summed E-state index contributed by atoms with van der Waals surface area (Å²) in [6, 6.07) is 2.14. The van der Waals surface area contributed by atoms with Crippen molar-refractivity contribution in [3.05, 3.63) is 17.5 Å². The molecule has 0 unspecified atom stereocenters. The molecule has 1 amide bonds. The number of piperidine rings is 1. The van der Waals surface area contributed by atoms with Crippen molar-refractivity contribution in [2.24, 2.45) is 0 Å². The summed E-state index contributed by atoms with van der Waals surface area (Å²) in [4.78, 5) is 17.0. The summed E-state index contributed by atoms with van der Waals surface area (Å²) in [6.45, 7) is 5.12. The minimum Gasteiger partial charge on any atom is -0.393 e. The maximum atomic E-state index is 12.8. The number of likely N-dealkylation sites (tertiary alicyclic amines) is 1. The summed E-state index contributed by atoms with van der Waals surface area (Å²) in [7, 11) is 0. The van der Waals surface area contributed by atoms with Crippen LogP contribution < -0.4 is 0 Å². The van der Waals surface area contributed by atoms with E-state index in [1.807, 2.05) is 11.8 Å². The molecule has 1 aromatic heterocycles. The van der Waals surface area contributed by atoms with E-state index in [0.717, 1.165) is 51.1 Å². The van der Waals surface area contributed by atoms with Crippen molar-refractivity contribution in [1.29, 1.82) is 0 Å². The highest BCUT2D eigenvalue weighted by Gasteiger charge is 2.27. The molecule has 24 heavy (non-hydrogen) atoms. The molecular formula is C18H29N3O3. The second-order valence-electron chi connectivity index (χ2n) is 7.07. The van der Waals surface area contributed by atoms with Crippen LogP contribution in [0.3, 0.4) is 0 Å². The Morgan fingerprint density at radius 3 is 2.67 bits per heavy atom. The lowest BCUT2D eigenvalue weighted by atomic mass is 9.94. The number of aliphatic hydroxyl groups excluding tert-OH is 1. The number of carbonyl (C=O) groups excluding carboxylic acids is 1. The number of aliphatic hydroxyl groups is 1. The Morgan fingerprint density at radius 1 is 1.29 bits per heavy atom. The van der Waals surface area contributed by atoms with Gasteiger partial charge in [-0.05, 0) is 32.6 Å². The van der Waals surface area contributed by atoms with E-state index in [4.69, 9.17) is 4.52 Å². The molecule has 2 heterocycles. The van der Waals surface area contributed by atoms with Crippen molar-refractivity contribution in [2.75, 3.05) is 19.6 Å². The number of carbonyl (C=O) groups is 1. The zero-order valence-electron chi connectivity index (χ0n) is 14.6. The van der Waals surface area contributed by atoms with Gasteiger partial charge in [-0.3, -0.25) is 9.69 Å². The number of hydrogen-bond acceptors (Lipinski definition) is 5. The van der Waals surface area contributed by atoms with Gasteiger partial charge in [-0.25, -0.2) is 0 Å². The van der Waals surface area contributed by atoms with E-state index in [1.54, 1.807) is 6.07 Å². The molecule has 0 bridgehead atoms. The van der Waals surface area contributed by atoms with Crippen molar-refractivity contribution in [1.82, 2.24) is 15.0 Å². The number of amides is 1. The molecule has 1 saturated carbocycles. The SMILES string of the molecule is CCN(C(=O)c1cc(CN2CCC(O)CC2)on1)C1CCCCC1. The van der Waals surface area contributed by atoms with Gasteiger partial charge in [0.25, 0.3) is 5.91 Å². The third kappa shape index (κ3) is 4.16. The molecular weight excluding hydrogens is 306 g/mol. The topological polar surface area (TPSA) is 69.8 Å². The Kier molecular flexibility index (Phi) is 5.89. The largest absolute Gasteiger partial charge is 0.393 e. The molecule has 1 aliphatic carbocycles. The van der Waals surface area contributed by atoms with Gasteiger partial charge in [-0.15, -0.1) is 0 Å². The Labute approximate surface area is 143 Å². The van der Waals surface area contributed by atoms with E-state index in [-0.39, 0.29) is 12.0 Å². The zero-order chi connectivity index (χ0) is 16.9. The predicted molar refractivity (Wildman–Crippen MR) is 90.6 cm³/mol. The van der Waals surface area contributed by atoms with Gasteiger partial charge in [0.15, 0.2) is 11.5 Å². The molecule has 0 radical (unpaired) electrons. The van der Waals surface area contributed by atoms with Crippen molar-refractivity contribution in [3.8, 4) is 0 Å². The van der Waals surface area contributed by atoms with Gasteiger partial charge >= 0.3 is 0 Å². The fraction of sp³-hybridized carbons (Fsp3) is 0.778. The Morgan fingerprint density at radius 2 is 2.00 bits per heavy atom. The lowest BCUT2D eigenvalue weighted by Crippen LogP contribution is -2.41. The van der Waals surface area contributed by atoms with Crippen LogP contribution in [-0.2, 0) is 6.54 Å². The van der Waals surface area contributed by atoms with Crippen molar-refractivity contribution < 1.29 is 14.4 Å². The minimum absolute atomic E-state index is 0.00605. The van der Waals surface area contributed by atoms with Gasteiger partial charge in [0.2, 0.25) is 0 Å². The van der Waals surface area contributed by atoms with E-state index in [0.29, 0.717) is 18.3 Å². The van der Waals surface area contributed by atoms with Crippen molar-refractivity contribution >= 4 is 5.91 Å². The van der Waals surface area contributed by atoms with Crippen LogP contribution in [0.2, 0.25) is 0 Å². The lowest BCUT2D eigenvalue weighted by Gasteiger charge is -2.33. The molecule has 1 aliphatic heterocycles. The second-order valence-corrected chi connectivity index (χ2v) is 7.07. The van der Waals surface area contributed by atoms with Crippen LogP contribution in [0.25, 0.3) is 0 Å². The van der Waals surface area contributed by atoms with Gasteiger partial charge in [-0.1, -0.05) is 24.4 Å². The number of hydrogen-bond donors (Lipinski definition) is 1. The first-order valence-corrected chi connectivity index (χ1v) is 9.34. The fourth-order valence-electron chi connectivity index (χ4n) is 3.89. The van der Waals surface area contributed by atoms with E-state index < -0.39 is 0 Å². The average Bonchev–Trinajstić information content (AvgIpc) is 3.07. The summed E-state index contributed by atoms with van der Waals surface area (Å²) in [5, 5.41) is 13.6. The van der Waals surface area contributed by atoms with Crippen LogP contribution in [0.4, 0.5) is 0 Å². The molecule has 1 saturated heterocycles. The Balaban J connectivity index is 1.60. The van der Waals surface area contributed by atoms with Gasteiger partial charge in [0, 0.05) is 31.7 Å². The minimum atomic E-state index is -0.179. The standard InChI is InChI=1S/C18H29N3O3/c1-2-21(14-6-4-3-5-7-14)18(23)17-12-16(24-19-17)13-20-10-8-15(22)9-11-20/h12,14-15,22H,2-11,13H2,1H3. The normalized spacial score (nSPS) is 21.1. The summed E-state index contributed by atoms with van der Waals surface area (Å²) < 4.78 is 5.40. The van der Waals surface area contributed by atoms with Crippen LogP contribution in [0.1, 0.15) is 68.1 Å². The molecule has 3 rings (SSSR count). The van der Waals surface area contributed by atoms with Gasteiger partial charge in [0.1, 0.15) is 0 Å². The fourth-order valence-corrected chi connectivity index (χ4v) is 3.89. The molecule has 2 fully saturated rings. The molecule has 2 aliphatic rings. The molecule has 0 atom stereocenters. The van der Waals surface area contributed by atoms with Crippen LogP contribution in [0, 0.1) is 0 Å². The first-order valence-electron chi connectivity index (χ1n) is 9.34. The molecule has 6 nitrogen and oxygen atoms in total. The van der Waals surface area contributed by atoms with E-state index in [9.17, 15) is 9.90 Å². The smallest absolute Gasteiger partial charge is 0.276 e. The van der Waals surface area contributed by atoms with E-state index in [2.05, 4.69) is 10.1 Å². The van der Waals surface area contributed by atoms with Gasteiger partial charge in [-0.2, -0.15) is 0 Å². The predicted octanol–water partition coefficient (Wildman–Crippen LogP) is 2.43. The lowest BCUT2D eigenvalue weighted by molar-refractivity contribution is 0.0635. The van der Waals surface area contributed by atoms with E-state index >= 15 is 0 Å². The van der Waals surface area contributed by atoms with Crippen LogP contribution in [-0.4, -0.2) is 57.8 Å². The second kappa shape index (κ2) is 8.12. The highest BCUT2D eigenvalue weighted by molar-refractivity contribution is 5.92. The zero-order valence-corrected chi connectivity index (χ0v) is 14.6. The molecule has 134 valence electrons. The summed E-state index contributed by atoms with van der Waals surface area (Å²) in [6.07, 6.45) is 7.30. The van der Waals surface area contributed by atoms with Crippen LogP contribution in [0.15, 0.2) is 10.6 Å². The summed E-state index contributed by atoms with van der Waals surface area (Å²) in [5.74, 6) is 0.725. The maximum absolute atomic E-state index is 12.8. The molecule has 1 aromatic rings. The highest BCUT2D eigenvalue weighted by atomic mass is 16.5. The van der Waals surface area contributed by atoms with Crippen molar-refractivity contribution in [3.63, 3.8) is 0 Å². The van der Waals surface area contributed by atoms with Gasteiger partial charge in [0.05, 0.1) is 12.6 Å². The molecule has 1 N–H and O–H groups in total. The number of nitrogens with zero attached hydrogens (tertiary/aromatic N) is 3. The summed E-state index contributed by atoms with van der Waals surface area (Å²) >= 11 is 0. The highest BCUT2D eigenvalue weighted by Crippen LogP contribution is 2.24. The number of aromatic nitrogens is 1. The Bertz CT molecular complexity index is 531.